The van der Waals surface area contributed by atoms with Crippen LogP contribution < -0.4 is 0 Å². The Labute approximate surface area is 148 Å². The molecule has 2 aromatic rings. The van der Waals surface area contributed by atoms with Gasteiger partial charge in [0, 0.05) is 37.1 Å². The van der Waals surface area contributed by atoms with Gasteiger partial charge in [-0.25, -0.2) is 0 Å². The molecule has 0 bridgehead atoms. The Hall–Kier alpha value is -1.76. The highest BCUT2D eigenvalue weighted by Gasteiger charge is 2.43. The van der Waals surface area contributed by atoms with Crippen LogP contribution in [0, 0.1) is 13.8 Å². The van der Waals surface area contributed by atoms with Gasteiger partial charge in [0.15, 0.2) is 0 Å². The lowest BCUT2D eigenvalue weighted by molar-refractivity contribution is -0.118. The van der Waals surface area contributed by atoms with Crippen molar-refractivity contribution in [1.82, 2.24) is 15.0 Å². The van der Waals surface area contributed by atoms with Crippen LogP contribution in [0.4, 0.5) is 0 Å². The maximum Gasteiger partial charge on any atom is 0.138 e. The second-order valence-electron chi connectivity index (χ2n) is 6.96. The Kier molecular flexibility index (Phi) is 4.83. The van der Waals surface area contributed by atoms with Gasteiger partial charge in [0.25, 0.3) is 0 Å². The topological polar surface area (TPSA) is 60.6 Å². The highest BCUT2D eigenvalue weighted by atomic mass is 16.5. The Bertz CT molecular complexity index is 684. The molecule has 1 aliphatic carbocycles. The quantitative estimate of drug-likeness (QED) is 0.832. The number of morpholine rings is 1. The molecule has 0 aromatic carbocycles. The van der Waals surface area contributed by atoms with Gasteiger partial charge in [-0.15, -0.1) is 0 Å². The predicted octanol–water partition coefficient (Wildman–Crippen LogP) is 2.64. The lowest BCUT2D eigenvalue weighted by atomic mass is 10.1. The van der Waals surface area contributed by atoms with E-state index in [1.54, 1.807) is 12.4 Å². The molecule has 134 valence electrons. The molecule has 3 atom stereocenters. The van der Waals surface area contributed by atoms with Crippen molar-refractivity contribution < 1.29 is 14.0 Å². The summed E-state index contributed by atoms with van der Waals surface area (Å²) in [7, 11) is 0. The van der Waals surface area contributed by atoms with Crippen molar-refractivity contribution in [2.24, 2.45) is 0 Å². The Balaban J connectivity index is 1.40. The molecule has 3 heterocycles. The molecule has 1 saturated carbocycles. The number of hydrogen-bond acceptors (Lipinski definition) is 6. The SMILES string of the molecule is Cc1noc(C)c1CN1CCO[C@@H]2[C@@H](OCc3ccncc3)CC[C@H]21. The molecule has 2 aromatic heterocycles. The summed E-state index contributed by atoms with van der Waals surface area (Å²) in [6.45, 7) is 7.19. The minimum absolute atomic E-state index is 0.149. The van der Waals surface area contributed by atoms with E-state index in [0.29, 0.717) is 12.6 Å². The van der Waals surface area contributed by atoms with E-state index in [1.165, 1.54) is 5.56 Å². The van der Waals surface area contributed by atoms with Crippen molar-refractivity contribution in [2.75, 3.05) is 13.2 Å². The van der Waals surface area contributed by atoms with E-state index in [4.69, 9.17) is 14.0 Å². The highest BCUT2D eigenvalue weighted by molar-refractivity contribution is 5.21. The smallest absolute Gasteiger partial charge is 0.138 e. The number of ether oxygens (including phenoxy) is 2. The summed E-state index contributed by atoms with van der Waals surface area (Å²) >= 11 is 0. The van der Waals surface area contributed by atoms with Crippen LogP contribution in [0.2, 0.25) is 0 Å². The summed E-state index contributed by atoms with van der Waals surface area (Å²) < 4.78 is 17.6. The third-order valence-corrected chi connectivity index (χ3v) is 5.41. The van der Waals surface area contributed by atoms with E-state index < -0.39 is 0 Å². The third-order valence-electron chi connectivity index (χ3n) is 5.41. The zero-order valence-electron chi connectivity index (χ0n) is 14.9. The maximum absolute atomic E-state index is 6.18. The summed E-state index contributed by atoms with van der Waals surface area (Å²) in [5, 5.41) is 4.08. The number of rotatable bonds is 5. The van der Waals surface area contributed by atoms with Crippen LogP contribution in [0.15, 0.2) is 29.0 Å². The van der Waals surface area contributed by atoms with Crippen LogP contribution in [-0.4, -0.2) is 46.4 Å². The molecule has 0 N–H and O–H groups in total. The average molecular weight is 343 g/mol. The van der Waals surface area contributed by atoms with Gasteiger partial charge >= 0.3 is 0 Å². The largest absolute Gasteiger partial charge is 0.373 e. The zero-order valence-corrected chi connectivity index (χ0v) is 14.9. The van der Waals surface area contributed by atoms with Gasteiger partial charge in [0.2, 0.25) is 0 Å². The first-order chi connectivity index (χ1) is 12.2. The van der Waals surface area contributed by atoms with Gasteiger partial charge in [-0.1, -0.05) is 5.16 Å². The second-order valence-corrected chi connectivity index (χ2v) is 6.96. The minimum Gasteiger partial charge on any atom is -0.373 e. The van der Waals surface area contributed by atoms with Crippen molar-refractivity contribution in [3.8, 4) is 0 Å². The van der Waals surface area contributed by atoms with Crippen LogP contribution in [-0.2, 0) is 22.6 Å². The van der Waals surface area contributed by atoms with Crippen LogP contribution >= 0.6 is 0 Å². The van der Waals surface area contributed by atoms with Crippen LogP contribution in [0.5, 0.6) is 0 Å². The fraction of sp³-hybridized carbons (Fsp3) is 0.579. The van der Waals surface area contributed by atoms with Crippen molar-refractivity contribution in [3.05, 3.63) is 47.1 Å². The van der Waals surface area contributed by atoms with Gasteiger partial charge in [-0.3, -0.25) is 9.88 Å². The minimum atomic E-state index is 0.149. The molecule has 0 spiro atoms. The van der Waals surface area contributed by atoms with Crippen LogP contribution in [0.1, 0.15) is 35.4 Å². The summed E-state index contributed by atoms with van der Waals surface area (Å²) in [5.74, 6) is 0.920. The molecule has 0 unspecified atom stereocenters. The summed E-state index contributed by atoms with van der Waals surface area (Å²) in [5.41, 5.74) is 3.35. The lowest BCUT2D eigenvalue weighted by Crippen LogP contribution is -2.51. The molecular weight excluding hydrogens is 318 g/mol. The fourth-order valence-electron chi connectivity index (χ4n) is 3.98. The Morgan fingerprint density at radius 1 is 1.24 bits per heavy atom. The molecular formula is C19H25N3O3. The Morgan fingerprint density at radius 2 is 2.08 bits per heavy atom. The molecule has 6 nitrogen and oxygen atoms in total. The van der Waals surface area contributed by atoms with E-state index in [2.05, 4.69) is 15.0 Å². The van der Waals surface area contributed by atoms with Gasteiger partial charge in [-0.2, -0.15) is 0 Å². The average Bonchev–Trinajstić information content (AvgIpc) is 3.20. The zero-order chi connectivity index (χ0) is 17.2. The van der Waals surface area contributed by atoms with Crippen LogP contribution in [0.25, 0.3) is 0 Å². The fourth-order valence-corrected chi connectivity index (χ4v) is 3.98. The number of aryl methyl sites for hydroxylation is 2. The first-order valence-corrected chi connectivity index (χ1v) is 9.00. The van der Waals surface area contributed by atoms with Crippen molar-refractivity contribution in [2.45, 2.75) is 58.1 Å². The summed E-state index contributed by atoms with van der Waals surface area (Å²) in [6, 6.07) is 4.40. The first-order valence-electron chi connectivity index (χ1n) is 9.00. The van der Waals surface area contributed by atoms with Crippen molar-refractivity contribution >= 4 is 0 Å². The summed E-state index contributed by atoms with van der Waals surface area (Å²) in [4.78, 5) is 6.56. The van der Waals surface area contributed by atoms with Crippen molar-refractivity contribution in [1.29, 1.82) is 0 Å². The molecule has 2 aliphatic rings. The third kappa shape index (κ3) is 3.47. The molecule has 2 fully saturated rings. The molecule has 1 aliphatic heterocycles. The molecule has 1 saturated heterocycles. The normalized spacial score (nSPS) is 26.7. The van der Waals surface area contributed by atoms with E-state index in [9.17, 15) is 0 Å². The maximum atomic E-state index is 6.18. The molecule has 0 radical (unpaired) electrons. The monoisotopic (exact) mass is 343 g/mol. The number of pyridine rings is 1. The van der Waals surface area contributed by atoms with Gasteiger partial charge in [0.05, 0.1) is 31.1 Å². The molecule has 0 amide bonds. The standard InChI is InChI=1S/C19H25N3O3/c1-13-16(14(2)25-21-13)11-22-9-10-23-19-17(22)3-4-18(19)24-12-15-5-7-20-8-6-15/h5-8,17-19H,3-4,9-12H2,1-2H3/t17-,18+,19+/m1/s1. The number of aromatic nitrogens is 2. The second kappa shape index (κ2) is 7.23. The van der Waals surface area contributed by atoms with E-state index in [0.717, 1.165) is 49.6 Å². The predicted molar refractivity (Wildman–Crippen MR) is 92.0 cm³/mol. The van der Waals surface area contributed by atoms with Gasteiger partial charge < -0.3 is 14.0 Å². The molecule has 6 heteroatoms. The number of fused-ring (bicyclic) bond motifs is 1. The summed E-state index contributed by atoms with van der Waals surface area (Å²) in [6.07, 6.45) is 6.06. The van der Waals surface area contributed by atoms with E-state index in [-0.39, 0.29) is 12.2 Å². The van der Waals surface area contributed by atoms with E-state index >= 15 is 0 Å². The number of nitrogens with zero attached hydrogens (tertiary/aromatic N) is 3. The van der Waals surface area contributed by atoms with Crippen LogP contribution in [0.3, 0.4) is 0 Å². The van der Waals surface area contributed by atoms with Gasteiger partial charge in [-0.05, 0) is 44.4 Å². The van der Waals surface area contributed by atoms with Gasteiger partial charge in [0.1, 0.15) is 5.76 Å². The lowest BCUT2D eigenvalue weighted by Gasteiger charge is -2.39. The molecule has 25 heavy (non-hydrogen) atoms. The van der Waals surface area contributed by atoms with Crippen molar-refractivity contribution in [3.63, 3.8) is 0 Å². The highest BCUT2D eigenvalue weighted by Crippen LogP contribution is 2.34. The first kappa shape index (κ1) is 16.7. The molecule has 4 rings (SSSR count). The number of hydrogen-bond donors (Lipinski definition) is 0. The Morgan fingerprint density at radius 3 is 2.84 bits per heavy atom. The van der Waals surface area contributed by atoms with E-state index in [1.807, 2.05) is 26.0 Å².